The van der Waals surface area contributed by atoms with Crippen molar-refractivity contribution in [1.82, 2.24) is 10.6 Å². The predicted molar refractivity (Wildman–Crippen MR) is 101 cm³/mol. The monoisotopic (exact) mass is 373 g/mol. The number of amides is 2. The van der Waals surface area contributed by atoms with Crippen molar-refractivity contribution in [2.45, 2.75) is 12.6 Å². The van der Waals surface area contributed by atoms with Gasteiger partial charge in [0, 0.05) is 19.6 Å². The van der Waals surface area contributed by atoms with Crippen LogP contribution in [-0.2, 0) is 11.3 Å². The van der Waals surface area contributed by atoms with E-state index in [0.29, 0.717) is 37.6 Å². The van der Waals surface area contributed by atoms with Gasteiger partial charge >= 0.3 is 6.03 Å². The number of rotatable bonds is 6. The van der Waals surface area contributed by atoms with E-state index in [1.807, 2.05) is 35.2 Å². The van der Waals surface area contributed by atoms with Gasteiger partial charge in [-0.1, -0.05) is 36.4 Å². The van der Waals surface area contributed by atoms with Gasteiger partial charge in [0.15, 0.2) is 0 Å². The third kappa shape index (κ3) is 5.18. The molecule has 1 fully saturated rings. The summed E-state index contributed by atoms with van der Waals surface area (Å²) in [5, 5.41) is 14.9. The summed E-state index contributed by atoms with van der Waals surface area (Å²) in [5.74, 6) is -0.311. The number of morpholine rings is 1. The summed E-state index contributed by atoms with van der Waals surface area (Å²) < 4.78 is 19.7. The van der Waals surface area contributed by atoms with Crippen LogP contribution in [0.5, 0.6) is 0 Å². The zero-order valence-corrected chi connectivity index (χ0v) is 15.0. The van der Waals surface area contributed by atoms with E-state index in [1.165, 1.54) is 6.07 Å². The largest absolute Gasteiger partial charge is 0.394 e. The Morgan fingerprint density at radius 1 is 1.19 bits per heavy atom. The zero-order valence-electron chi connectivity index (χ0n) is 15.0. The van der Waals surface area contributed by atoms with Crippen molar-refractivity contribution in [3.63, 3.8) is 0 Å². The number of carbonyl (C=O) groups excluding carboxylic acids is 1. The number of nitrogens with zero attached hydrogens (tertiary/aromatic N) is 1. The number of ether oxygens (including phenoxy) is 1. The molecule has 1 heterocycles. The van der Waals surface area contributed by atoms with Crippen LogP contribution in [0, 0.1) is 5.82 Å². The fourth-order valence-corrected chi connectivity index (χ4v) is 3.03. The Hall–Kier alpha value is -2.64. The molecule has 0 bridgehead atoms. The third-order valence-electron chi connectivity index (χ3n) is 4.51. The van der Waals surface area contributed by atoms with Gasteiger partial charge in [-0.2, -0.15) is 0 Å². The molecule has 0 unspecified atom stereocenters. The second-order valence-electron chi connectivity index (χ2n) is 6.36. The van der Waals surface area contributed by atoms with Crippen molar-refractivity contribution < 1.29 is 19.0 Å². The highest BCUT2D eigenvalue weighted by Gasteiger charge is 2.16. The molecular formula is C20H24FN3O3. The minimum absolute atomic E-state index is 0.194. The van der Waals surface area contributed by atoms with Crippen molar-refractivity contribution in [3.05, 3.63) is 65.5 Å². The molecule has 2 aromatic carbocycles. The van der Waals surface area contributed by atoms with E-state index in [2.05, 4.69) is 10.6 Å². The standard InChI is InChI=1S/C20H24FN3O3/c21-17-12-15(6-7-19(17)24-8-10-27-11-9-24)13-22-20(26)23-18(14-25)16-4-2-1-3-5-16/h1-7,12,18,25H,8-11,13-14H2,(H2,22,23,26)/t18-/m1/s1. The highest BCUT2D eigenvalue weighted by molar-refractivity contribution is 5.74. The van der Waals surface area contributed by atoms with E-state index < -0.39 is 12.1 Å². The highest BCUT2D eigenvalue weighted by Crippen LogP contribution is 2.21. The maximum Gasteiger partial charge on any atom is 0.315 e. The van der Waals surface area contributed by atoms with Gasteiger partial charge in [0.1, 0.15) is 5.82 Å². The van der Waals surface area contributed by atoms with E-state index in [1.54, 1.807) is 12.1 Å². The predicted octanol–water partition coefficient (Wildman–Crippen LogP) is 2.20. The first-order valence-electron chi connectivity index (χ1n) is 8.98. The lowest BCUT2D eigenvalue weighted by Gasteiger charge is -2.29. The third-order valence-corrected chi connectivity index (χ3v) is 4.51. The van der Waals surface area contributed by atoms with Crippen LogP contribution >= 0.6 is 0 Å². The van der Waals surface area contributed by atoms with Crippen LogP contribution in [0.2, 0.25) is 0 Å². The molecule has 6 nitrogen and oxygen atoms in total. The first-order chi connectivity index (χ1) is 13.2. The lowest BCUT2D eigenvalue weighted by Crippen LogP contribution is -2.39. The number of carbonyl (C=O) groups is 1. The van der Waals surface area contributed by atoms with Gasteiger partial charge < -0.3 is 25.4 Å². The molecule has 0 saturated carbocycles. The average molecular weight is 373 g/mol. The van der Waals surface area contributed by atoms with Crippen LogP contribution in [0.15, 0.2) is 48.5 Å². The summed E-state index contributed by atoms with van der Waals surface area (Å²) in [5.41, 5.74) is 2.03. The number of nitrogens with one attached hydrogen (secondary N) is 2. The Kier molecular flexibility index (Phi) is 6.62. The van der Waals surface area contributed by atoms with E-state index in [0.717, 1.165) is 5.56 Å². The number of aliphatic hydroxyl groups is 1. The molecule has 0 aromatic heterocycles. The number of hydrogen-bond acceptors (Lipinski definition) is 4. The second-order valence-corrected chi connectivity index (χ2v) is 6.36. The first kappa shape index (κ1) is 19.1. The topological polar surface area (TPSA) is 73.8 Å². The molecule has 0 radical (unpaired) electrons. The molecule has 0 aliphatic carbocycles. The molecule has 3 rings (SSSR count). The normalized spacial score (nSPS) is 15.3. The molecule has 2 aromatic rings. The zero-order chi connectivity index (χ0) is 19.1. The van der Waals surface area contributed by atoms with Crippen LogP contribution in [0.1, 0.15) is 17.2 Å². The average Bonchev–Trinajstić information content (AvgIpc) is 2.72. The Morgan fingerprint density at radius 3 is 2.59 bits per heavy atom. The number of hydrogen-bond donors (Lipinski definition) is 3. The molecule has 0 spiro atoms. The summed E-state index contributed by atoms with van der Waals surface area (Å²) in [7, 11) is 0. The Balaban J connectivity index is 1.54. The summed E-state index contributed by atoms with van der Waals surface area (Å²) in [6, 6.07) is 13.3. The van der Waals surface area contributed by atoms with Crippen LogP contribution < -0.4 is 15.5 Å². The maximum absolute atomic E-state index is 14.4. The van der Waals surface area contributed by atoms with E-state index in [4.69, 9.17) is 4.74 Å². The lowest BCUT2D eigenvalue weighted by molar-refractivity contribution is 0.122. The van der Waals surface area contributed by atoms with Crippen molar-refractivity contribution in [3.8, 4) is 0 Å². The van der Waals surface area contributed by atoms with Gasteiger partial charge in [-0.3, -0.25) is 0 Å². The molecule has 1 atom stereocenters. The molecule has 7 heteroatoms. The second kappa shape index (κ2) is 9.34. The minimum Gasteiger partial charge on any atom is -0.394 e. The van der Waals surface area contributed by atoms with Gasteiger partial charge in [-0.25, -0.2) is 9.18 Å². The quantitative estimate of drug-likeness (QED) is 0.726. The fraction of sp³-hybridized carbons (Fsp3) is 0.350. The summed E-state index contributed by atoms with van der Waals surface area (Å²) in [4.78, 5) is 14.1. The molecule has 144 valence electrons. The van der Waals surface area contributed by atoms with Crippen LogP contribution in [0.3, 0.4) is 0 Å². The first-order valence-corrected chi connectivity index (χ1v) is 8.98. The van der Waals surface area contributed by atoms with Crippen molar-refractivity contribution >= 4 is 11.7 Å². The molecular weight excluding hydrogens is 349 g/mol. The number of anilines is 1. The van der Waals surface area contributed by atoms with E-state index in [9.17, 15) is 14.3 Å². The summed E-state index contributed by atoms with van der Waals surface area (Å²) >= 11 is 0. The molecule has 1 aliphatic rings. The van der Waals surface area contributed by atoms with Crippen LogP contribution in [-0.4, -0.2) is 44.0 Å². The number of benzene rings is 2. The fourth-order valence-electron chi connectivity index (χ4n) is 3.03. The Labute approximate surface area is 157 Å². The highest BCUT2D eigenvalue weighted by atomic mass is 19.1. The molecule has 1 aliphatic heterocycles. The van der Waals surface area contributed by atoms with Crippen LogP contribution in [0.25, 0.3) is 0 Å². The van der Waals surface area contributed by atoms with Gasteiger partial charge in [-0.15, -0.1) is 0 Å². The van der Waals surface area contributed by atoms with Crippen molar-refractivity contribution in [1.29, 1.82) is 0 Å². The molecule has 3 N–H and O–H groups in total. The number of halogens is 1. The molecule has 2 amide bonds. The Bertz CT molecular complexity index is 751. The lowest BCUT2D eigenvalue weighted by atomic mass is 10.1. The smallest absolute Gasteiger partial charge is 0.315 e. The van der Waals surface area contributed by atoms with Gasteiger partial charge in [0.05, 0.1) is 31.5 Å². The van der Waals surface area contributed by atoms with Gasteiger partial charge in [0.2, 0.25) is 0 Å². The number of aliphatic hydroxyl groups excluding tert-OH is 1. The SMILES string of the molecule is O=C(NCc1ccc(N2CCOCC2)c(F)c1)N[C@H](CO)c1ccccc1. The number of urea groups is 1. The summed E-state index contributed by atoms with van der Waals surface area (Å²) in [6.07, 6.45) is 0. The Morgan fingerprint density at radius 2 is 1.93 bits per heavy atom. The van der Waals surface area contributed by atoms with E-state index in [-0.39, 0.29) is 19.0 Å². The molecule has 27 heavy (non-hydrogen) atoms. The van der Waals surface area contributed by atoms with Crippen molar-refractivity contribution in [2.75, 3.05) is 37.8 Å². The van der Waals surface area contributed by atoms with Crippen molar-refractivity contribution in [2.24, 2.45) is 0 Å². The van der Waals surface area contributed by atoms with Gasteiger partial charge in [0.25, 0.3) is 0 Å². The maximum atomic E-state index is 14.4. The summed E-state index contributed by atoms with van der Waals surface area (Å²) in [6.45, 7) is 2.50. The van der Waals surface area contributed by atoms with Crippen LogP contribution in [0.4, 0.5) is 14.9 Å². The van der Waals surface area contributed by atoms with Gasteiger partial charge in [-0.05, 0) is 23.3 Å². The van der Waals surface area contributed by atoms with E-state index >= 15 is 0 Å². The molecule has 1 saturated heterocycles. The minimum atomic E-state index is -0.494.